The standard InChI is InChI=1S/C22H30N4O2/c1-25-18-12-6-4-10-16(18)20(24-25)22(28)26-15-9-3-2-8-14-23-21(27)17-11-5-7-13-19(17)26/h4,6,10,12,17,19H,2-3,5,7-9,11,13-15H2,1H3,(H,23,27)/t17-,19+/m1/s1. The maximum atomic E-state index is 13.7. The Bertz CT molecular complexity index is 859. The first-order valence-electron chi connectivity index (χ1n) is 10.7. The van der Waals surface area contributed by atoms with Gasteiger partial charge in [-0.05, 0) is 31.7 Å². The highest BCUT2D eigenvalue weighted by atomic mass is 16.2. The second-order valence-corrected chi connectivity index (χ2v) is 8.15. The van der Waals surface area contributed by atoms with E-state index in [-0.39, 0.29) is 23.8 Å². The maximum absolute atomic E-state index is 13.7. The first-order chi connectivity index (χ1) is 13.7. The SMILES string of the molecule is Cn1nc(C(=O)N2CCCCCCNC(=O)[C@@H]3CCCC[C@@H]32)c2ccccc21. The quantitative estimate of drug-likeness (QED) is 0.823. The number of nitrogens with zero attached hydrogens (tertiary/aromatic N) is 3. The van der Waals surface area contributed by atoms with Gasteiger partial charge in [-0.25, -0.2) is 0 Å². The number of fused-ring (bicyclic) bond motifs is 2. The number of hydrogen-bond acceptors (Lipinski definition) is 3. The molecule has 1 aliphatic carbocycles. The van der Waals surface area contributed by atoms with Gasteiger partial charge >= 0.3 is 0 Å². The lowest BCUT2D eigenvalue weighted by atomic mass is 9.82. The molecule has 1 aliphatic heterocycles. The molecule has 1 aromatic carbocycles. The number of nitrogens with one attached hydrogen (secondary N) is 1. The van der Waals surface area contributed by atoms with E-state index in [2.05, 4.69) is 10.4 Å². The molecule has 1 N–H and O–H groups in total. The summed E-state index contributed by atoms with van der Waals surface area (Å²) in [6.07, 6.45) is 8.06. The third kappa shape index (κ3) is 3.64. The van der Waals surface area contributed by atoms with Crippen molar-refractivity contribution in [3.8, 4) is 0 Å². The average Bonchev–Trinajstić information content (AvgIpc) is 3.04. The fraction of sp³-hybridized carbons (Fsp3) is 0.591. The number of para-hydroxylation sites is 1. The molecule has 0 spiro atoms. The van der Waals surface area contributed by atoms with Crippen LogP contribution >= 0.6 is 0 Å². The lowest BCUT2D eigenvalue weighted by Crippen LogP contribution is -2.51. The Morgan fingerprint density at radius 2 is 1.86 bits per heavy atom. The Labute approximate surface area is 166 Å². The zero-order valence-electron chi connectivity index (χ0n) is 16.7. The lowest BCUT2D eigenvalue weighted by Gasteiger charge is -2.39. The van der Waals surface area contributed by atoms with Crippen molar-refractivity contribution in [1.82, 2.24) is 20.0 Å². The van der Waals surface area contributed by atoms with Crippen LogP contribution in [0.2, 0.25) is 0 Å². The highest BCUT2D eigenvalue weighted by molar-refractivity contribution is 6.05. The predicted molar refractivity (Wildman–Crippen MR) is 109 cm³/mol. The number of aromatic nitrogens is 2. The van der Waals surface area contributed by atoms with Crippen molar-refractivity contribution in [3.05, 3.63) is 30.0 Å². The van der Waals surface area contributed by atoms with E-state index in [9.17, 15) is 9.59 Å². The average molecular weight is 383 g/mol. The van der Waals surface area contributed by atoms with Crippen LogP contribution < -0.4 is 5.32 Å². The van der Waals surface area contributed by atoms with E-state index in [1.807, 2.05) is 36.2 Å². The van der Waals surface area contributed by atoms with Gasteiger partial charge in [-0.15, -0.1) is 0 Å². The van der Waals surface area contributed by atoms with Gasteiger partial charge in [-0.1, -0.05) is 43.9 Å². The van der Waals surface area contributed by atoms with E-state index in [1.165, 1.54) is 0 Å². The molecule has 0 unspecified atom stereocenters. The molecule has 6 nitrogen and oxygen atoms in total. The number of aryl methyl sites for hydroxylation is 1. The summed E-state index contributed by atoms with van der Waals surface area (Å²) in [6, 6.07) is 7.84. The highest BCUT2D eigenvalue weighted by Gasteiger charge is 2.38. The van der Waals surface area contributed by atoms with Crippen LogP contribution in [0.15, 0.2) is 24.3 Å². The number of carbonyl (C=O) groups excluding carboxylic acids is 2. The van der Waals surface area contributed by atoms with Crippen molar-refractivity contribution >= 4 is 22.7 Å². The Kier molecular flexibility index (Phi) is 5.64. The minimum atomic E-state index is -0.106. The molecule has 2 aromatic rings. The molecule has 4 rings (SSSR count). The van der Waals surface area contributed by atoms with E-state index in [1.54, 1.807) is 4.68 Å². The molecule has 2 atom stereocenters. The Hall–Kier alpha value is -2.37. The molecule has 2 aliphatic rings. The molecule has 2 heterocycles. The Morgan fingerprint density at radius 3 is 2.75 bits per heavy atom. The normalized spacial score (nSPS) is 24.3. The second kappa shape index (κ2) is 8.33. The summed E-state index contributed by atoms with van der Waals surface area (Å²) in [5.74, 6) is -0.0122. The lowest BCUT2D eigenvalue weighted by molar-refractivity contribution is -0.128. The van der Waals surface area contributed by atoms with Crippen molar-refractivity contribution in [2.24, 2.45) is 13.0 Å². The molecule has 2 fully saturated rings. The van der Waals surface area contributed by atoms with E-state index in [4.69, 9.17) is 0 Å². The zero-order valence-corrected chi connectivity index (χ0v) is 16.7. The van der Waals surface area contributed by atoms with E-state index >= 15 is 0 Å². The van der Waals surface area contributed by atoms with Crippen molar-refractivity contribution in [3.63, 3.8) is 0 Å². The zero-order chi connectivity index (χ0) is 19.5. The third-order valence-corrected chi connectivity index (χ3v) is 6.31. The molecular weight excluding hydrogens is 352 g/mol. The number of hydrogen-bond donors (Lipinski definition) is 1. The first kappa shape index (κ1) is 19.0. The number of amides is 2. The van der Waals surface area contributed by atoms with Crippen LogP contribution in [0.3, 0.4) is 0 Å². The molecule has 1 aromatic heterocycles. The summed E-state index contributed by atoms with van der Waals surface area (Å²) in [7, 11) is 1.88. The summed E-state index contributed by atoms with van der Waals surface area (Å²) >= 11 is 0. The Morgan fingerprint density at radius 1 is 1.07 bits per heavy atom. The van der Waals surface area contributed by atoms with Crippen LogP contribution in [0.25, 0.3) is 10.9 Å². The third-order valence-electron chi connectivity index (χ3n) is 6.31. The van der Waals surface area contributed by atoms with Crippen molar-refractivity contribution < 1.29 is 9.59 Å². The molecule has 28 heavy (non-hydrogen) atoms. The summed E-state index contributed by atoms with van der Waals surface area (Å²) in [4.78, 5) is 28.5. The fourth-order valence-corrected chi connectivity index (χ4v) is 4.82. The highest BCUT2D eigenvalue weighted by Crippen LogP contribution is 2.31. The number of rotatable bonds is 1. The summed E-state index contributed by atoms with van der Waals surface area (Å²) in [5.41, 5.74) is 1.47. The van der Waals surface area contributed by atoms with E-state index in [0.717, 1.165) is 68.8 Å². The van der Waals surface area contributed by atoms with Gasteiger partial charge in [0.1, 0.15) is 0 Å². The van der Waals surface area contributed by atoms with Gasteiger partial charge in [-0.3, -0.25) is 14.3 Å². The topological polar surface area (TPSA) is 67.2 Å². The molecular formula is C22H30N4O2. The molecule has 2 amide bonds. The number of benzene rings is 1. The number of carbonyl (C=O) groups is 2. The van der Waals surface area contributed by atoms with Crippen LogP contribution in [-0.2, 0) is 11.8 Å². The molecule has 0 radical (unpaired) electrons. The largest absolute Gasteiger partial charge is 0.356 e. The van der Waals surface area contributed by atoms with Crippen molar-refractivity contribution in [2.75, 3.05) is 13.1 Å². The monoisotopic (exact) mass is 382 g/mol. The van der Waals surface area contributed by atoms with Gasteiger partial charge in [0.15, 0.2) is 5.69 Å². The molecule has 6 heteroatoms. The minimum Gasteiger partial charge on any atom is -0.356 e. The van der Waals surface area contributed by atoms with Crippen LogP contribution in [0, 0.1) is 5.92 Å². The predicted octanol–water partition coefficient (Wildman–Crippen LogP) is 3.26. The summed E-state index contributed by atoms with van der Waals surface area (Å²) in [5, 5.41) is 8.57. The molecule has 150 valence electrons. The maximum Gasteiger partial charge on any atom is 0.275 e. The van der Waals surface area contributed by atoms with Crippen molar-refractivity contribution in [1.29, 1.82) is 0 Å². The van der Waals surface area contributed by atoms with Gasteiger partial charge in [-0.2, -0.15) is 5.10 Å². The smallest absolute Gasteiger partial charge is 0.275 e. The minimum absolute atomic E-state index is 0.0271. The Balaban J connectivity index is 1.70. The second-order valence-electron chi connectivity index (χ2n) is 8.15. The van der Waals surface area contributed by atoms with Gasteiger partial charge in [0, 0.05) is 31.6 Å². The van der Waals surface area contributed by atoms with Gasteiger partial charge < -0.3 is 10.2 Å². The van der Waals surface area contributed by atoms with Crippen LogP contribution in [0.4, 0.5) is 0 Å². The van der Waals surface area contributed by atoms with E-state index in [0.29, 0.717) is 12.2 Å². The van der Waals surface area contributed by atoms with Gasteiger partial charge in [0.25, 0.3) is 5.91 Å². The van der Waals surface area contributed by atoms with Gasteiger partial charge in [0.2, 0.25) is 5.91 Å². The van der Waals surface area contributed by atoms with Crippen molar-refractivity contribution in [2.45, 2.75) is 57.4 Å². The molecule has 1 saturated carbocycles. The van der Waals surface area contributed by atoms with E-state index < -0.39 is 0 Å². The van der Waals surface area contributed by atoms with Crippen LogP contribution in [0.1, 0.15) is 61.9 Å². The van der Waals surface area contributed by atoms with Crippen LogP contribution in [0.5, 0.6) is 0 Å². The van der Waals surface area contributed by atoms with Gasteiger partial charge in [0.05, 0.1) is 11.4 Å². The first-order valence-corrected chi connectivity index (χ1v) is 10.7. The molecule has 1 saturated heterocycles. The van der Waals surface area contributed by atoms with Crippen LogP contribution in [-0.4, -0.2) is 45.6 Å². The summed E-state index contributed by atoms with van der Waals surface area (Å²) in [6.45, 7) is 1.46. The molecule has 0 bridgehead atoms. The summed E-state index contributed by atoms with van der Waals surface area (Å²) < 4.78 is 1.78. The fourth-order valence-electron chi connectivity index (χ4n) is 4.82.